The number of benzene rings is 1. The molecule has 3 aromatic rings. The molecule has 168 valence electrons. The Bertz CT molecular complexity index is 1150. The summed E-state index contributed by atoms with van der Waals surface area (Å²) < 4.78 is 5.37. The number of methoxy groups -OCH3 is 1. The fourth-order valence-electron chi connectivity index (χ4n) is 3.82. The molecule has 1 aliphatic rings. The fourth-order valence-corrected chi connectivity index (χ4v) is 4.04. The van der Waals surface area contributed by atoms with Gasteiger partial charge in [-0.15, -0.1) is 0 Å². The van der Waals surface area contributed by atoms with Crippen LogP contribution in [-0.4, -0.2) is 72.0 Å². The average Bonchev–Trinajstić information content (AvgIpc) is 3.22. The number of aromatic nitrogens is 2. The van der Waals surface area contributed by atoms with Crippen LogP contribution in [0.2, 0.25) is 5.02 Å². The molecule has 1 aliphatic heterocycles. The van der Waals surface area contributed by atoms with Gasteiger partial charge in [0.2, 0.25) is 0 Å². The molecule has 9 heteroatoms. The van der Waals surface area contributed by atoms with Crippen LogP contribution in [0, 0.1) is 0 Å². The zero-order valence-electron chi connectivity index (χ0n) is 18.3. The first-order valence-electron chi connectivity index (χ1n) is 10.4. The second-order valence-electron chi connectivity index (χ2n) is 8.09. The van der Waals surface area contributed by atoms with Crippen LogP contribution < -0.4 is 5.32 Å². The van der Waals surface area contributed by atoms with Gasteiger partial charge in [-0.2, -0.15) is 0 Å². The number of hydrogen-bond donors (Lipinski definition) is 2. The number of halogens is 1. The first-order valence-corrected chi connectivity index (χ1v) is 10.8. The molecular formula is C23H26ClN5O3. The predicted octanol–water partition coefficient (Wildman–Crippen LogP) is 3.91. The number of nitrogens with zero attached hydrogens (tertiary/aromatic N) is 3. The topological polar surface area (TPSA) is 90.6 Å². The molecule has 0 saturated carbocycles. The average molecular weight is 456 g/mol. The van der Waals surface area contributed by atoms with Gasteiger partial charge in [-0.1, -0.05) is 11.6 Å². The Morgan fingerprint density at radius 3 is 2.62 bits per heavy atom. The minimum Gasteiger partial charge on any atom is -0.381 e. The van der Waals surface area contributed by atoms with E-state index in [9.17, 15) is 9.59 Å². The first kappa shape index (κ1) is 22.1. The minimum atomic E-state index is -0.106. The van der Waals surface area contributed by atoms with Crippen molar-refractivity contribution in [2.45, 2.75) is 18.9 Å². The van der Waals surface area contributed by atoms with Crippen LogP contribution >= 0.6 is 11.6 Å². The molecule has 0 atom stereocenters. The van der Waals surface area contributed by atoms with Crippen LogP contribution in [0.25, 0.3) is 10.9 Å². The fraction of sp³-hybridized carbons (Fsp3) is 0.348. The molecule has 0 aliphatic carbocycles. The van der Waals surface area contributed by atoms with E-state index in [1.54, 1.807) is 51.7 Å². The van der Waals surface area contributed by atoms with Crippen molar-refractivity contribution in [2.75, 3.05) is 39.6 Å². The van der Waals surface area contributed by atoms with Gasteiger partial charge >= 0.3 is 0 Å². The number of aromatic amines is 1. The van der Waals surface area contributed by atoms with Crippen molar-refractivity contribution < 1.29 is 14.3 Å². The highest BCUT2D eigenvalue weighted by Gasteiger charge is 2.24. The summed E-state index contributed by atoms with van der Waals surface area (Å²) in [6.07, 6.45) is 3.58. The highest BCUT2D eigenvalue weighted by Crippen LogP contribution is 2.28. The van der Waals surface area contributed by atoms with Crippen LogP contribution in [0.4, 0.5) is 11.5 Å². The monoisotopic (exact) mass is 455 g/mol. The van der Waals surface area contributed by atoms with Crippen molar-refractivity contribution in [3.63, 3.8) is 0 Å². The molecule has 1 saturated heterocycles. The lowest BCUT2D eigenvalue weighted by molar-refractivity contribution is 0.0350. The number of ether oxygens (including phenoxy) is 1. The molecule has 8 nitrogen and oxygen atoms in total. The molecule has 3 heterocycles. The molecular weight excluding hydrogens is 430 g/mol. The predicted molar refractivity (Wildman–Crippen MR) is 125 cm³/mol. The van der Waals surface area contributed by atoms with E-state index in [0.717, 1.165) is 23.7 Å². The zero-order valence-corrected chi connectivity index (χ0v) is 19.1. The van der Waals surface area contributed by atoms with Crippen molar-refractivity contribution in [2.24, 2.45) is 0 Å². The maximum atomic E-state index is 12.8. The number of nitrogens with one attached hydrogen (secondary N) is 2. The van der Waals surface area contributed by atoms with Crippen LogP contribution in [0.5, 0.6) is 0 Å². The lowest BCUT2D eigenvalue weighted by Gasteiger charge is -2.31. The second kappa shape index (κ2) is 9.18. The van der Waals surface area contributed by atoms with Gasteiger partial charge < -0.3 is 24.8 Å². The van der Waals surface area contributed by atoms with Crippen LogP contribution in [0.1, 0.15) is 33.7 Å². The standard InChI is InChI=1S/C23H26ClN5O3/c1-28(2)23(31)20-11-15-13-25-21(12-19(15)26-20)27-18-5-4-14(10-17(18)24)22(30)29-8-6-16(32-3)7-9-29/h4-5,10-13,16,26H,6-9H2,1-3H3,(H,25,27). The van der Waals surface area contributed by atoms with Crippen LogP contribution in [-0.2, 0) is 4.74 Å². The minimum absolute atomic E-state index is 0.0305. The molecule has 0 unspecified atom stereocenters. The Hall–Kier alpha value is -3.10. The van der Waals surface area contributed by atoms with Gasteiger partial charge in [0.25, 0.3) is 11.8 Å². The van der Waals surface area contributed by atoms with Gasteiger partial charge in [-0.05, 0) is 37.1 Å². The van der Waals surface area contributed by atoms with E-state index in [1.165, 1.54) is 4.90 Å². The third-order valence-electron chi connectivity index (χ3n) is 5.68. The zero-order chi connectivity index (χ0) is 22.8. The van der Waals surface area contributed by atoms with E-state index in [0.29, 0.717) is 40.9 Å². The SMILES string of the molecule is COC1CCN(C(=O)c2ccc(Nc3cc4[nH]c(C(=O)N(C)C)cc4cn3)c(Cl)c2)CC1. The number of carbonyl (C=O) groups is 2. The molecule has 0 spiro atoms. The third-order valence-corrected chi connectivity index (χ3v) is 5.99. The lowest BCUT2D eigenvalue weighted by atomic mass is 10.1. The van der Waals surface area contributed by atoms with E-state index in [1.807, 2.05) is 11.0 Å². The van der Waals surface area contributed by atoms with Gasteiger partial charge in [0, 0.05) is 57.5 Å². The Morgan fingerprint density at radius 1 is 1.22 bits per heavy atom. The summed E-state index contributed by atoms with van der Waals surface area (Å²) in [7, 11) is 5.12. The molecule has 32 heavy (non-hydrogen) atoms. The molecule has 2 aromatic heterocycles. The maximum absolute atomic E-state index is 12.8. The Morgan fingerprint density at radius 2 is 1.97 bits per heavy atom. The van der Waals surface area contributed by atoms with Gasteiger partial charge in [-0.3, -0.25) is 9.59 Å². The van der Waals surface area contributed by atoms with Crippen LogP contribution in [0.3, 0.4) is 0 Å². The summed E-state index contributed by atoms with van der Waals surface area (Å²) in [5.74, 6) is 0.438. The number of rotatable bonds is 5. The van der Waals surface area contributed by atoms with E-state index >= 15 is 0 Å². The quantitative estimate of drug-likeness (QED) is 0.608. The van der Waals surface area contributed by atoms with Crippen molar-refractivity contribution in [3.05, 3.63) is 52.8 Å². The lowest BCUT2D eigenvalue weighted by Crippen LogP contribution is -2.40. The number of fused-ring (bicyclic) bond motifs is 1. The van der Waals surface area contributed by atoms with Crippen molar-refractivity contribution in [1.29, 1.82) is 0 Å². The van der Waals surface area contributed by atoms with Gasteiger partial charge in [0.05, 0.1) is 22.3 Å². The Balaban J connectivity index is 1.48. The highest BCUT2D eigenvalue weighted by atomic mass is 35.5. The Kier molecular flexibility index (Phi) is 6.34. The number of H-pyrrole nitrogens is 1. The summed E-state index contributed by atoms with van der Waals surface area (Å²) in [6, 6.07) is 8.81. The smallest absolute Gasteiger partial charge is 0.269 e. The summed E-state index contributed by atoms with van der Waals surface area (Å²) in [4.78, 5) is 35.9. The van der Waals surface area contributed by atoms with Gasteiger partial charge in [0.1, 0.15) is 11.5 Å². The van der Waals surface area contributed by atoms with Crippen molar-refractivity contribution >= 4 is 45.8 Å². The number of piperidine rings is 1. The van der Waals surface area contributed by atoms with E-state index < -0.39 is 0 Å². The molecule has 0 radical (unpaired) electrons. The third kappa shape index (κ3) is 4.56. The summed E-state index contributed by atoms with van der Waals surface area (Å²) in [5.41, 5.74) is 2.48. The van der Waals surface area contributed by atoms with Gasteiger partial charge in [0.15, 0.2) is 0 Å². The van der Waals surface area contributed by atoms with Crippen LogP contribution in [0.15, 0.2) is 36.5 Å². The van der Waals surface area contributed by atoms with Crippen molar-refractivity contribution in [3.8, 4) is 0 Å². The number of carbonyl (C=O) groups excluding carboxylic acids is 2. The molecule has 1 aromatic carbocycles. The highest BCUT2D eigenvalue weighted by molar-refractivity contribution is 6.33. The van der Waals surface area contributed by atoms with E-state index in [4.69, 9.17) is 16.3 Å². The number of amides is 2. The molecule has 2 N–H and O–H groups in total. The van der Waals surface area contributed by atoms with Crippen molar-refractivity contribution in [1.82, 2.24) is 19.8 Å². The second-order valence-corrected chi connectivity index (χ2v) is 8.49. The maximum Gasteiger partial charge on any atom is 0.269 e. The number of anilines is 2. The summed E-state index contributed by atoms with van der Waals surface area (Å²) >= 11 is 6.47. The number of likely N-dealkylation sites (tertiary alicyclic amines) is 1. The molecule has 4 rings (SSSR count). The molecule has 2 amide bonds. The van der Waals surface area contributed by atoms with Gasteiger partial charge in [-0.25, -0.2) is 4.98 Å². The molecule has 0 bridgehead atoms. The molecule has 1 fully saturated rings. The normalized spacial score (nSPS) is 14.6. The summed E-state index contributed by atoms with van der Waals surface area (Å²) in [5, 5.41) is 4.45. The van der Waals surface area contributed by atoms with E-state index in [2.05, 4.69) is 15.3 Å². The first-order chi connectivity index (χ1) is 15.4. The summed E-state index contributed by atoms with van der Waals surface area (Å²) in [6.45, 7) is 1.35. The number of pyridine rings is 1. The number of hydrogen-bond acceptors (Lipinski definition) is 5. The van der Waals surface area contributed by atoms with E-state index in [-0.39, 0.29) is 17.9 Å². The Labute approximate surface area is 191 Å². The largest absolute Gasteiger partial charge is 0.381 e.